The van der Waals surface area contributed by atoms with E-state index in [2.05, 4.69) is 5.32 Å². The molecule has 0 fully saturated rings. The first kappa shape index (κ1) is 29.2. The molecule has 3 N–H and O–H groups in total. The number of para-hydroxylation sites is 1. The van der Waals surface area contributed by atoms with E-state index in [4.69, 9.17) is 44.5 Å². The number of aliphatic hydroxyl groups is 1. The van der Waals surface area contributed by atoms with Crippen LogP contribution in [0.2, 0.25) is 15.1 Å². The minimum atomic E-state index is -0.846. The number of carbonyl (C=O) groups is 1. The number of carbonyl (C=O) groups excluding carboxylic acids is 1. The highest BCUT2D eigenvalue weighted by Crippen LogP contribution is 2.47. The summed E-state index contributed by atoms with van der Waals surface area (Å²) in [7, 11) is 0. The first-order valence-corrected chi connectivity index (χ1v) is 14.3. The Morgan fingerprint density at radius 3 is 2.44 bits per heavy atom. The average molecular weight is 612 g/mol. The predicted molar refractivity (Wildman–Crippen MR) is 163 cm³/mol. The minimum absolute atomic E-state index is 0.0240. The van der Waals surface area contributed by atoms with Gasteiger partial charge >= 0.3 is 0 Å². The second-order valence-electron chi connectivity index (χ2n) is 10.8. The number of halogens is 3. The molecule has 5 rings (SSSR count). The molecule has 2 unspecified atom stereocenters. The fourth-order valence-electron chi connectivity index (χ4n) is 5.22. The zero-order valence-electron chi connectivity index (χ0n) is 22.5. The Kier molecular flexibility index (Phi) is 8.48. The van der Waals surface area contributed by atoms with Crippen LogP contribution in [0.1, 0.15) is 48.5 Å². The number of hydrogen-bond donors (Lipinski definition) is 3. The molecule has 0 saturated heterocycles. The van der Waals surface area contributed by atoms with Crippen molar-refractivity contribution in [2.45, 2.75) is 44.3 Å². The third kappa shape index (κ3) is 6.62. The molecule has 0 bridgehead atoms. The van der Waals surface area contributed by atoms with Crippen LogP contribution in [0.25, 0.3) is 22.4 Å². The lowest BCUT2D eigenvalue weighted by Gasteiger charge is -2.38. The molecule has 1 aliphatic heterocycles. The van der Waals surface area contributed by atoms with Crippen LogP contribution in [0.3, 0.4) is 0 Å². The standard InChI is InChI=1S/C32H29Cl3N2O4/c1-32(2)16-19(13-22(38)17-36-30(40)24-5-3-4-6-28(24)39)26-15-25(18-7-9-20(33)10-8-18)29(37-31(26)41-32)23-12-11-21(34)14-27(23)35/h3-12,14-15,19,22,38-39H,13,16-17H2,1-2H3,(H,36,40). The van der Waals surface area contributed by atoms with Crippen molar-refractivity contribution in [1.29, 1.82) is 0 Å². The lowest BCUT2D eigenvalue weighted by atomic mass is 9.81. The van der Waals surface area contributed by atoms with Crippen LogP contribution >= 0.6 is 34.8 Å². The normalized spacial score (nSPS) is 16.4. The Labute approximate surface area is 253 Å². The summed E-state index contributed by atoms with van der Waals surface area (Å²) in [6, 6.07) is 21.1. The van der Waals surface area contributed by atoms with Gasteiger partial charge in [0.25, 0.3) is 5.91 Å². The smallest absolute Gasteiger partial charge is 0.255 e. The van der Waals surface area contributed by atoms with Crippen LogP contribution in [-0.2, 0) is 0 Å². The van der Waals surface area contributed by atoms with E-state index < -0.39 is 17.6 Å². The number of rotatable bonds is 7. The number of aliphatic hydroxyl groups excluding tert-OH is 1. The molecule has 0 saturated carbocycles. The van der Waals surface area contributed by atoms with Crippen molar-refractivity contribution in [2.75, 3.05) is 6.54 Å². The van der Waals surface area contributed by atoms with Gasteiger partial charge in [0, 0.05) is 33.3 Å². The van der Waals surface area contributed by atoms with Gasteiger partial charge in [-0.25, -0.2) is 4.98 Å². The summed E-state index contributed by atoms with van der Waals surface area (Å²) in [6.07, 6.45) is 0.151. The molecule has 6 nitrogen and oxygen atoms in total. The van der Waals surface area contributed by atoms with Crippen LogP contribution < -0.4 is 10.1 Å². The van der Waals surface area contributed by atoms with Gasteiger partial charge in [0.05, 0.1) is 22.4 Å². The van der Waals surface area contributed by atoms with Crippen molar-refractivity contribution < 1.29 is 19.7 Å². The van der Waals surface area contributed by atoms with Gasteiger partial charge in [-0.05, 0) is 86.7 Å². The Morgan fingerprint density at radius 1 is 1.02 bits per heavy atom. The zero-order valence-corrected chi connectivity index (χ0v) is 24.8. The molecule has 0 aliphatic carbocycles. The first-order chi connectivity index (χ1) is 19.5. The van der Waals surface area contributed by atoms with E-state index in [1.807, 2.05) is 50.2 Å². The third-order valence-electron chi connectivity index (χ3n) is 7.11. The third-order valence-corrected chi connectivity index (χ3v) is 7.91. The molecule has 212 valence electrons. The number of fused-ring (bicyclic) bond motifs is 1. The van der Waals surface area contributed by atoms with E-state index in [0.717, 1.165) is 16.7 Å². The number of nitrogens with one attached hydrogen (secondary N) is 1. The SMILES string of the molecule is CC1(C)CC(CC(O)CNC(=O)c2ccccc2O)c2cc(-c3ccc(Cl)cc3)c(-c3ccc(Cl)cc3Cl)nc2O1. The highest BCUT2D eigenvalue weighted by Gasteiger charge is 2.37. The lowest BCUT2D eigenvalue weighted by molar-refractivity contribution is 0.0523. The largest absolute Gasteiger partial charge is 0.507 e. The number of aromatic hydroxyl groups is 1. The second kappa shape index (κ2) is 11.9. The zero-order chi connectivity index (χ0) is 29.3. The molecule has 2 atom stereocenters. The monoisotopic (exact) mass is 610 g/mol. The highest BCUT2D eigenvalue weighted by molar-refractivity contribution is 6.36. The fraction of sp³-hybridized carbons (Fsp3) is 0.250. The molecule has 0 radical (unpaired) electrons. The molecule has 0 spiro atoms. The quantitative estimate of drug-likeness (QED) is 0.198. The van der Waals surface area contributed by atoms with Crippen LogP contribution in [0.4, 0.5) is 0 Å². The van der Waals surface area contributed by atoms with Gasteiger partial charge in [-0.15, -0.1) is 0 Å². The maximum atomic E-state index is 12.6. The van der Waals surface area contributed by atoms with E-state index in [9.17, 15) is 15.0 Å². The summed E-state index contributed by atoms with van der Waals surface area (Å²) >= 11 is 19.0. The van der Waals surface area contributed by atoms with Crippen LogP contribution in [0.5, 0.6) is 11.6 Å². The van der Waals surface area contributed by atoms with Crippen molar-refractivity contribution in [2.24, 2.45) is 0 Å². The van der Waals surface area contributed by atoms with E-state index in [1.54, 1.807) is 24.3 Å². The fourth-order valence-corrected chi connectivity index (χ4v) is 5.85. The second-order valence-corrected chi connectivity index (χ2v) is 12.1. The topological polar surface area (TPSA) is 91.7 Å². The molecular formula is C32H29Cl3N2O4. The summed E-state index contributed by atoms with van der Waals surface area (Å²) in [6.45, 7) is 3.99. The number of aromatic nitrogens is 1. The predicted octanol–water partition coefficient (Wildman–Crippen LogP) is 7.91. The number of hydrogen-bond acceptors (Lipinski definition) is 5. The summed E-state index contributed by atoms with van der Waals surface area (Å²) in [5.74, 6) is -0.211. The molecule has 4 aromatic rings. The van der Waals surface area contributed by atoms with Crippen molar-refractivity contribution in [3.63, 3.8) is 0 Å². The van der Waals surface area contributed by atoms with Crippen molar-refractivity contribution in [3.05, 3.63) is 99.0 Å². The van der Waals surface area contributed by atoms with Gasteiger partial charge in [-0.2, -0.15) is 0 Å². The minimum Gasteiger partial charge on any atom is -0.507 e. The summed E-state index contributed by atoms with van der Waals surface area (Å²) in [5, 5.41) is 25.3. The highest BCUT2D eigenvalue weighted by atomic mass is 35.5. The summed E-state index contributed by atoms with van der Waals surface area (Å²) in [4.78, 5) is 17.6. The molecule has 3 aromatic carbocycles. The van der Waals surface area contributed by atoms with Crippen molar-refractivity contribution in [3.8, 4) is 34.0 Å². The Bertz CT molecular complexity index is 1590. The average Bonchev–Trinajstić information content (AvgIpc) is 2.91. The molecule has 41 heavy (non-hydrogen) atoms. The molecule has 2 heterocycles. The van der Waals surface area contributed by atoms with E-state index in [0.29, 0.717) is 45.0 Å². The number of benzene rings is 3. The summed E-state index contributed by atoms with van der Waals surface area (Å²) < 4.78 is 6.36. The molecule has 1 amide bonds. The van der Waals surface area contributed by atoms with Gasteiger partial charge in [0.15, 0.2) is 0 Å². The molecule has 1 aromatic heterocycles. The van der Waals surface area contributed by atoms with Crippen molar-refractivity contribution in [1.82, 2.24) is 10.3 Å². The van der Waals surface area contributed by atoms with Gasteiger partial charge in [-0.1, -0.05) is 59.1 Å². The van der Waals surface area contributed by atoms with E-state index in [-0.39, 0.29) is 23.8 Å². The van der Waals surface area contributed by atoms with Gasteiger partial charge in [0.2, 0.25) is 5.88 Å². The molecule has 9 heteroatoms. The lowest BCUT2D eigenvalue weighted by Crippen LogP contribution is -2.38. The number of ether oxygens (including phenoxy) is 1. The van der Waals surface area contributed by atoms with Gasteiger partial charge < -0.3 is 20.3 Å². The van der Waals surface area contributed by atoms with E-state index in [1.165, 1.54) is 12.1 Å². The Balaban J connectivity index is 1.49. The van der Waals surface area contributed by atoms with E-state index >= 15 is 0 Å². The number of amides is 1. The van der Waals surface area contributed by atoms with Gasteiger partial charge in [0.1, 0.15) is 11.4 Å². The van der Waals surface area contributed by atoms with Crippen LogP contribution in [0.15, 0.2) is 72.8 Å². The Hall–Kier alpha value is -3.29. The molecular weight excluding hydrogens is 583 g/mol. The Morgan fingerprint density at radius 2 is 1.73 bits per heavy atom. The number of phenolic OH excluding ortho intramolecular Hbond substituents is 1. The number of phenols is 1. The van der Waals surface area contributed by atoms with Crippen LogP contribution in [-0.4, -0.2) is 39.4 Å². The van der Waals surface area contributed by atoms with Gasteiger partial charge in [-0.3, -0.25) is 4.79 Å². The number of pyridine rings is 1. The van der Waals surface area contributed by atoms with Crippen molar-refractivity contribution >= 4 is 40.7 Å². The summed E-state index contributed by atoms with van der Waals surface area (Å²) in [5.41, 5.74) is 3.53. The first-order valence-electron chi connectivity index (χ1n) is 13.2. The maximum absolute atomic E-state index is 12.6. The molecule has 1 aliphatic rings. The number of nitrogens with zero attached hydrogens (tertiary/aromatic N) is 1. The van der Waals surface area contributed by atoms with Crippen LogP contribution in [0, 0.1) is 0 Å². The maximum Gasteiger partial charge on any atom is 0.255 e.